The first-order valence-electron chi connectivity index (χ1n) is 9.85. The van der Waals surface area contributed by atoms with Crippen molar-refractivity contribution in [2.75, 3.05) is 0 Å². The minimum absolute atomic E-state index is 0.0384. The highest BCUT2D eigenvalue weighted by molar-refractivity contribution is 7.89. The van der Waals surface area contributed by atoms with Crippen LogP contribution in [-0.4, -0.2) is 29.8 Å². The Morgan fingerprint density at radius 1 is 1.13 bits per heavy atom. The third-order valence-electron chi connectivity index (χ3n) is 5.30. The lowest BCUT2D eigenvalue weighted by atomic mass is 10.00. The standard InChI is InChI=1S/C23H24N2O4S/c1-3-4-5-19-14-21(23(26)27)22(18-10-8-17(15-24)9-11-18)25(19)30(28,29)20-12-6-16(2)7-13-20/h6-14,19,22H,3-5H2,1-2H3,(H,26,27)/t19-,22+/m1/s1. The average Bonchev–Trinajstić information content (AvgIpc) is 3.13. The first-order chi connectivity index (χ1) is 14.3. The van der Waals surface area contributed by atoms with Gasteiger partial charge < -0.3 is 5.11 Å². The van der Waals surface area contributed by atoms with Gasteiger partial charge in [0.25, 0.3) is 0 Å². The van der Waals surface area contributed by atoms with Crippen molar-refractivity contribution in [1.29, 1.82) is 5.26 Å². The average molecular weight is 425 g/mol. The number of hydrogen-bond acceptors (Lipinski definition) is 4. The summed E-state index contributed by atoms with van der Waals surface area (Å²) in [6.45, 7) is 3.88. The molecule has 1 aliphatic heterocycles. The quantitative estimate of drug-likeness (QED) is 0.719. The Hall–Kier alpha value is -2.95. The molecule has 0 radical (unpaired) electrons. The Bertz CT molecular complexity index is 1100. The van der Waals surface area contributed by atoms with Gasteiger partial charge in [0.2, 0.25) is 10.0 Å². The van der Waals surface area contributed by atoms with Crippen LogP contribution in [0.4, 0.5) is 0 Å². The van der Waals surface area contributed by atoms with E-state index in [1.807, 2.05) is 19.9 Å². The van der Waals surface area contributed by atoms with E-state index in [2.05, 4.69) is 0 Å². The molecule has 7 heteroatoms. The van der Waals surface area contributed by atoms with Gasteiger partial charge in [0.15, 0.2) is 0 Å². The van der Waals surface area contributed by atoms with Crippen LogP contribution in [-0.2, 0) is 14.8 Å². The van der Waals surface area contributed by atoms with Crippen LogP contribution >= 0.6 is 0 Å². The molecule has 2 aromatic carbocycles. The normalized spacial score (nSPS) is 19.3. The number of carbonyl (C=O) groups is 1. The summed E-state index contributed by atoms with van der Waals surface area (Å²) in [5.74, 6) is -1.15. The van der Waals surface area contributed by atoms with Crippen molar-refractivity contribution in [2.24, 2.45) is 0 Å². The molecule has 156 valence electrons. The fraction of sp³-hybridized carbons (Fsp3) is 0.304. The van der Waals surface area contributed by atoms with Crippen LogP contribution < -0.4 is 0 Å². The second kappa shape index (κ2) is 8.82. The topological polar surface area (TPSA) is 98.5 Å². The number of aryl methyl sites for hydroxylation is 1. The molecule has 0 amide bonds. The van der Waals surface area contributed by atoms with E-state index < -0.39 is 28.1 Å². The monoisotopic (exact) mass is 424 g/mol. The number of hydrogen-bond donors (Lipinski definition) is 1. The van der Waals surface area contributed by atoms with E-state index in [1.165, 1.54) is 4.31 Å². The molecule has 0 fully saturated rings. The lowest BCUT2D eigenvalue weighted by Gasteiger charge is -2.31. The van der Waals surface area contributed by atoms with Crippen molar-refractivity contribution < 1.29 is 18.3 Å². The smallest absolute Gasteiger partial charge is 0.333 e. The third kappa shape index (κ3) is 4.16. The highest BCUT2D eigenvalue weighted by atomic mass is 32.2. The summed E-state index contributed by atoms with van der Waals surface area (Å²) in [6, 6.07) is 13.5. The highest BCUT2D eigenvalue weighted by Crippen LogP contribution is 2.42. The van der Waals surface area contributed by atoms with Crippen LogP contribution in [0.1, 0.15) is 48.9 Å². The Labute approximate surface area is 177 Å². The summed E-state index contributed by atoms with van der Waals surface area (Å²) in [5.41, 5.74) is 1.92. The van der Waals surface area contributed by atoms with Crippen LogP contribution in [0.3, 0.4) is 0 Å². The van der Waals surface area contributed by atoms with E-state index in [-0.39, 0.29) is 10.5 Å². The third-order valence-corrected chi connectivity index (χ3v) is 7.20. The number of unbranched alkanes of at least 4 members (excludes halogenated alkanes) is 1. The predicted octanol–water partition coefficient (Wildman–Crippen LogP) is 4.18. The summed E-state index contributed by atoms with van der Waals surface area (Å²) in [6.07, 6.45) is 3.73. The van der Waals surface area contributed by atoms with Crippen molar-refractivity contribution in [2.45, 2.75) is 50.1 Å². The molecular weight excluding hydrogens is 400 g/mol. The van der Waals surface area contributed by atoms with Gasteiger partial charge in [0, 0.05) is 6.04 Å². The van der Waals surface area contributed by atoms with Crippen molar-refractivity contribution in [1.82, 2.24) is 4.31 Å². The Morgan fingerprint density at radius 2 is 1.77 bits per heavy atom. The fourth-order valence-corrected chi connectivity index (χ4v) is 5.49. The maximum Gasteiger partial charge on any atom is 0.333 e. The van der Waals surface area contributed by atoms with Gasteiger partial charge >= 0.3 is 5.97 Å². The molecule has 30 heavy (non-hydrogen) atoms. The molecule has 0 aliphatic carbocycles. The molecule has 0 spiro atoms. The van der Waals surface area contributed by atoms with Gasteiger partial charge in [-0.3, -0.25) is 0 Å². The van der Waals surface area contributed by atoms with Crippen molar-refractivity contribution in [3.8, 4) is 6.07 Å². The zero-order valence-electron chi connectivity index (χ0n) is 16.9. The van der Waals surface area contributed by atoms with Gasteiger partial charge in [-0.2, -0.15) is 9.57 Å². The molecule has 2 atom stereocenters. The van der Waals surface area contributed by atoms with E-state index in [0.717, 1.165) is 18.4 Å². The number of benzene rings is 2. The second-order valence-electron chi connectivity index (χ2n) is 7.42. The lowest BCUT2D eigenvalue weighted by Crippen LogP contribution is -2.39. The van der Waals surface area contributed by atoms with E-state index >= 15 is 0 Å². The second-order valence-corrected chi connectivity index (χ2v) is 9.26. The van der Waals surface area contributed by atoms with Crippen LogP contribution in [0.5, 0.6) is 0 Å². The Morgan fingerprint density at radius 3 is 2.30 bits per heavy atom. The molecule has 0 saturated carbocycles. The number of nitrogens with zero attached hydrogens (tertiary/aromatic N) is 2. The number of sulfonamides is 1. The Kier molecular flexibility index (Phi) is 6.40. The van der Waals surface area contributed by atoms with Crippen LogP contribution in [0.2, 0.25) is 0 Å². The number of aliphatic carboxylic acids is 1. The van der Waals surface area contributed by atoms with Crippen LogP contribution in [0.15, 0.2) is 65.1 Å². The lowest BCUT2D eigenvalue weighted by molar-refractivity contribution is -0.133. The SMILES string of the molecule is CCCC[C@@H]1C=C(C(=O)O)[C@H](c2ccc(C#N)cc2)N1S(=O)(=O)c1ccc(C)cc1. The summed E-state index contributed by atoms with van der Waals surface area (Å²) in [7, 11) is -3.96. The van der Waals surface area contributed by atoms with Gasteiger partial charge in [-0.1, -0.05) is 55.7 Å². The number of carboxylic acids is 1. The fourth-order valence-electron chi connectivity index (χ4n) is 3.73. The maximum atomic E-state index is 13.6. The molecule has 0 unspecified atom stereocenters. The van der Waals surface area contributed by atoms with E-state index in [0.29, 0.717) is 17.5 Å². The zero-order valence-corrected chi connectivity index (χ0v) is 17.8. The van der Waals surface area contributed by atoms with E-state index in [9.17, 15) is 18.3 Å². The summed E-state index contributed by atoms with van der Waals surface area (Å²) >= 11 is 0. The van der Waals surface area contributed by atoms with Crippen molar-refractivity contribution in [3.63, 3.8) is 0 Å². The first kappa shape index (κ1) is 21.8. The number of nitriles is 1. The van der Waals surface area contributed by atoms with E-state index in [1.54, 1.807) is 54.6 Å². The highest BCUT2D eigenvalue weighted by Gasteiger charge is 2.45. The molecule has 2 aromatic rings. The molecule has 0 bridgehead atoms. The van der Waals surface area contributed by atoms with Crippen LogP contribution in [0.25, 0.3) is 0 Å². The predicted molar refractivity (Wildman–Crippen MR) is 113 cm³/mol. The number of carboxylic acid groups (broad SMARTS) is 1. The molecular formula is C23H24N2O4S. The van der Waals surface area contributed by atoms with E-state index in [4.69, 9.17) is 5.26 Å². The largest absolute Gasteiger partial charge is 0.478 e. The number of rotatable bonds is 7. The maximum absolute atomic E-state index is 13.6. The zero-order chi connectivity index (χ0) is 21.9. The molecule has 6 nitrogen and oxygen atoms in total. The molecule has 3 rings (SSSR count). The first-order valence-corrected chi connectivity index (χ1v) is 11.3. The van der Waals surface area contributed by atoms with Crippen molar-refractivity contribution >= 4 is 16.0 Å². The summed E-state index contributed by atoms with van der Waals surface area (Å²) in [4.78, 5) is 12.2. The van der Waals surface area contributed by atoms with Gasteiger partial charge in [-0.15, -0.1) is 0 Å². The summed E-state index contributed by atoms with van der Waals surface area (Å²) in [5, 5.41) is 18.9. The minimum atomic E-state index is -3.96. The van der Waals surface area contributed by atoms with Crippen molar-refractivity contribution in [3.05, 3.63) is 76.9 Å². The molecule has 0 aromatic heterocycles. The molecule has 1 N–H and O–H groups in total. The van der Waals surface area contributed by atoms with Gasteiger partial charge in [-0.05, 0) is 43.2 Å². The minimum Gasteiger partial charge on any atom is -0.478 e. The summed E-state index contributed by atoms with van der Waals surface area (Å²) < 4.78 is 28.6. The van der Waals surface area contributed by atoms with Gasteiger partial charge in [0.1, 0.15) is 0 Å². The molecule has 1 aliphatic rings. The van der Waals surface area contributed by atoms with Crippen LogP contribution in [0, 0.1) is 18.3 Å². The molecule has 0 saturated heterocycles. The molecule has 1 heterocycles. The van der Waals surface area contributed by atoms with Gasteiger partial charge in [-0.25, -0.2) is 13.2 Å². The Balaban J connectivity index is 2.15. The van der Waals surface area contributed by atoms with Gasteiger partial charge in [0.05, 0.1) is 28.1 Å².